The standard InChI is InChI=1S/C20H16F3N9O2/c1-34-19-11(10-31(30-19)16-9-24-7-8-25-16)18(33)27-14-4-2-3-12(26-14)17-29-28-15-6-5-13(32(15)17)20(21,22)23/h2-4,7-10,13H,5-6H2,1H3,(H,26,27,33)/t13-/m1/s1. The molecule has 0 fully saturated rings. The third kappa shape index (κ3) is 3.82. The minimum absolute atomic E-state index is 0.0148. The maximum atomic E-state index is 13.5. The number of pyridine rings is 1. The fraction of sp³-hybridized carbons (Fsp3) is 0.250. The van der Waals surface area contributed by atoms with Gasteiger partial charge in [-0.15, -0.1) is 15.3 Å². The van der Waals surface area contributed by atoms with Gasteiger partial charge in [0.15, 0.2) is 11.6 Å². The molecule has 0 aliphatic carbocycles. The lowest BCUT2D eigenvalue weighted by Gasteiger charge is -2.18. The van der Waals surface area contributed by atoms with Crippen molar-refractivity contribution in [1.82, 2.24) is 39.5 Å². The van der Waals surface area contributed by atoms with E-state index < -0.39 is 18.1 Å². The molecule has 174 valence electrons. The summed E-state index contributed by atoms with van der Waals surface area (Å²) in [4.78, 5) is 25.3. The van der Waals surface area contributed by atoms with Gasteiger partial charge in [0.25, 0.3) is 5.91 Å². The molecule has 0 saturated heterocycles. The highest BCUT2D eigenvalue weighted by atomic mass is 19.4. The smallest absolute Gasteiger partial charge is 0.409 e. The summed E-state index contributed by atoms with van der Waals surface area (Å²) in [5, 5.41) is 14.6. The van der Waals surface area contributed by atoms with E-state index in [-0.39, 0.29) is 47.4 Å². The van der Waals surface area contributed by atoms with Gasteiger partial charge < -0.3 is 10.1 Å². The van der Waals surface area contributed by atoms with Crippen LogP contribution < -0.4 is 10.1 Å². The molecule has 11 nitrogen and oxygen atoms in total. The zero-order valence-electron chi connectivity index (χ0n) is 17.6. The van der Waals surface area contributed by atoms with Crippen molar-refractivity contribution in [2.24, 2.45) is 0 Å². The van der Waals surface area contributed by atoms with Crippen molar-refractivity contribution in [3.8, 4) is 23.2 Å². The first-order chi connectivity index (χ1) is 16.3. The van der Waals surface area contributed by atoms with E-state index in [2.05, 4.69) is 35.6 Å². The van der Waals surface area contributed by atoms with Gasteiger partial charge in [0.05, 0.1) is 13.3 Å². The number of amides is 1. The van der Waals surface area contributed by atoms with Crippen molar-refractivity contribution < 1.29 is 22.7 Å². The third-order valence-corrected chi connectivity index (χ3v) is 5.22. The Kier molecular flexibility index (Phi) is 5.18. The van der Waals surface area contributed by atoms with Crippen LogP contribution in [0.3, 0.4) is 0 Å². The van der Waals surface area contributed by atoms with E-state index in [0.717, 1.165) is 4.57 Å². The van der Waals surface area contributed by atoms with Crippen LogP contribution in [-0.4, -0.2) is 58.7 Å². The predicted octanol–water partition coefficient (Wildman–Crippen LogP) is 2.63. The van der Waals surface area contributed by atoms with Crippen molar-refractivity contribution >= 4 is 11.7 Å². The maximum Gasteiger partial charge on any atom is 0.409 e. The van der Waals surface area contributed by atoms with Gasteiger partial charge in [0.1, 0.15) is 28.9 Å². The Balaban J connectivity index is 1.42. The first-order valence-electron chi connectivity index (χ1n) is 10.0. The van der Waals surface area contributed by atoms with Gasteiger partial charge in [-0.05, 0) is 18.6 Å². The quantitative estimate of drug-likeness (QED) is 0.471. The Morgan fingerprint density at radius 3 is 2.82 bits per heavy atom. The number of anilines is 1. The molecule has 34 heavy (non-hydrogen) atoms. The molecule has 0 radical (unpaired) electrons. The summed E-state index contributed by atoms with van der Waals surface area (Å²) < 4.78 is 48.0. The zero-order valence-corrected chi connectivity index (χ0v) is 17.6. The van der Waals surface area contributed by atoms with Crippen LogP contribution in [0.15, 0.2) is 43.0 Å². The van der Waals surface area contributed by atoms with Crippen LogP contribution in [0.1, 0.15) is 28.6 Å². The number of carbonyl (C=O) groups excluding carboxylic acids is 1. The van der Waals surface area contributed by atoms with Crippen molar-refractivity contribution in [3.05, 3.63) is 54.4 Å². The molecule has 0 saturated carbocycles. The first-order valence-corrected chi connectivity index (χ1v) is 10.0. The van der Waals surface area contributed by atoms with Gasteiger partial charge in [-0.25, -0.2) is 14.6 Å². The van der Waals surface area contributed by atoms with Crippen LogP contribution in [0.2, 0.25) is 0 Å². The van der Waals surface area contributed by atoms with Gasteiger partial charge in [0.2, 0.25) is 5.88 Å². The number of halogens is 3. The van der Waals surface area contributed by atoms with E-state index in [1.165, 1.54) is 48.7 Å². The van der Waals surface area contributed by atoms with Crippen molar-refractivity contribution in [1.29, 1.82) is 0 Å². The monoisotopic (exact) mass is 471 g/mol. The maximum absolute atomic E-state index is 13.5. The molecular formula is C20H16F3N9O2. The summed E-state index contributed by atoms with van der Waals surface area (Å²) in [5.41, 5.74) is 0.246. The first kappa shape index (κ1) is 21.5. The van der Waals surface area contributed by atoms with Crippen LogP contribution in [0, 0.1) is 0 Å². The normalized spacial score (nSPS) is 15.2. The lowest BCUT2D eigenvalue weighted by Crippen LogP contribution is -2.24. The minimum atomic E-state index is -4.44. The molecule has 0 bridgehead atoms. The molecule has 5 heterocycles. The predicted molar refractivity (Wildman–Crippen MR) is 110 cm³/mol. The molecule has 4 aromatic heterocycles. The number of ether oxygens (including phenoxy) is 1. The van der Waals surface area contributed by atoms with Crippen molar-refractivity contribution in [2.75, 3.05) is 12.4 Å². The van der Waals surface area contributed by atoms with E-state index in [1.807, 2.05) is 0 Å². The van der Waals surface area contributed by atoms with Crippen molar-refractivity contribution in [2.45, 2.75) is 25.1 Å². The molecule has 5 rings (SSSR count). The number of rotatable bonds is 5. The molecule has 1 N–H and O–H groups in total. The van der Waals surface area contributed by atoms with Gasteiger partial charge in [-0.2, -0.15) is 13.2 Å². The Morgan fingerprint density at radius 1 is 1.24 bits per heavy atom. The Bertz CT molecular complexity index is 1350. The molecule has 1 aliphatic rings. The van der Waals surface area contributed by atoms with Crippen LogP contribution in [0.4, 0.5) is 19.0 Å². The summed E-state index contributed by atoms with van der Waals surface area (Å²) in [7, 11) is 1.36. The summed E-state index contributed by atoms with van der Waals surface area (Å²) in [6.07, 6.45) is 1.48. The number of methoxy groups -OCH3 is 1. The highest BCUT2D eigenvalue weighted by Gasteiger charge is 2.46. The van der Waals surface area contributed by atoms with Crippen LogP contribution in [0.5, 0.6) is 5.88 Å². The summed E-state index contributed by atoms with van der Waals surface area (Å²) >= 11 is 0. The van der Waals surface area contributed by atoms with Gasteiger partial charge in [-0.1, -0.05) is 6.07 Å². The second-order valence-corrected chi connectivity index (χ2v) is 7.33. The van der Waals surface area contributed by atoms with E-state index in [4.69, 9.17) is 4.74 Å². The highest BCUT2D eigenvalue weighted by molar-refractivity contribution is 6.05. The van der Waals surface area contributed by atoms with E-state index in [1.54, 1.807) is 6.07 Å². The molecule has 0 spiro atoms. The fourth-order valence-corrected chi connectivity index (χ4v) is 3.71. The molecule has 14 heteroatoms. The molecule has 0 unspecified atom stereocenters. The van der Waals surface area contributed by atoms with Gasteiger partial charge in [-0.3, -0.25) is 14.3 Å². The summed E-state index contributed by atoms with van der Waals surface area (Å²) in [6, 6.07) is 2.84. The van der Waals surface area contributed by atoms with E-state index in [0.29, 0.717) is 5.82 Å². The highest BCUT2D eigenvalue weighted by Crippen LogP contribution is 2.41. The van der Waals surface area contributed by atoms with Gasteiger partial charge in [0, 0.05) is 25.0 Å². The summed E-state index contributed by atoms with van der Waals surface area (Å²) in [5.74, 6) is 0.170. The molecule has 1 atom stereocenters. The number of alkyl halides is 3. The lowest BCUT2D eigenvalue weighted by molar-refractivity contribution is -0.165. The second kappa shape index (κ2) is 8.20. The van der Waals surface area contributed by atoms with Crippen LogP contribution in [0.25, 0.3) is 17.3 Å². The Morgan fingerprint density at radius 2 is 2.09 bits per heavy atom. The molecule has 1 aliphatic heterocycles. The number of fused-ring (bicyclic) bond motifs is 1. The number of aryl methyl sites for hydroxylation is 1. The van der Waals surface area contributed by atoms with Crippen LogP contribution in [-0.2, 0) is 6.42 Å². The van der Waals surface area contributed by atoms with Gasteiger partial charge >= 0.3 is 6.18 Å². The topological polar surface area (TPSA) is 126 Å². The Hall–Kier alpha value is -4.36. The Labute approximate surface area is 189 Å². The SMILES string of the molecule is COc1nn(-c2cnccn2)cc1C(=O)Nc1cccc(-c2nnc3n2[C@@H](C(F)(F)F)CC3)n1. The number of carbonyl (C=O) groups is 1. The van der Waals surface area contributed by atoms with E-state index >= 15 is 0 Å². The second-order valence-electron chi connectivity index (χ2n) is 7.33. The van der Waals surface area contributed by atoms with Crippen LogP contribution >= 0.6 is 0 Å². The number of aromatic nitrogens is 8. The third-order valence-electron chi connectivity index (χ3n) is 5.22. The zero-order chi connectivity index (χ0) is 23.9. The largest absolute Gasteiger partial charge is 0.479 e. The summed E-state index contributed by atoms with van der Waals surface area (Å²) in [6.45, 7) is 0. The molecule has 1 amide bonds. The van der Waals surface area contributed by atoms with E-state index in [9.17, 15) is 18.0 Å². The fourth-order valence-electron chi connectivity index (χ4n) is 3.71. The molecule has 4 aromatic rings. The number of nitrogens with one attached hydrogen (secondary N) is 1. The number of nitrogens with zero attached hydrogens (tertiary/aromatic N) is 8. The average molecular weight is 471 g/mol. The lowest BCUT2D eigenvalue weighted by atomic mass is 10.2. The molecular weight excluding hydrogens is 455 g/mol. The number of hydrogen-bond donors (Lipinski definition) is 1. The average Bonchev–Trinajstić information content (AvgIpc) is 3.54. The molecule has 0 aromatic carbocycles. The minimum Gasteiger partial charge on any atom is -0.479 e. The van der Waals surface area contributed by atoms with Crippen molar-refractivity contribution in [3.63, 3.8) is 0 Å². The number of hydrogen-bond acceptors (Lipinski definition) is 8.